The summed E-state index contributed by atoms with van der Waals surface area (Å²) in [5.74, 6) is -0.219. The van der Waals surface area contributed by atoms with E-state index in [4.69, 9.17) is 0 Å². The van der Waals surface area contributed by atoms with Gasteiger partial charge in [0, 0.05) is 17.7 Å². The first-order chi connectivity index (χ1) is 12.6. The van der Waals surface area contributed by atoms with Gasteiger partial charge in [0.2, 0.25) is 0 Å². The summed E-state index contributed by atoms with van der Waals surface area (Å²) in [6.07, 6.45) is 0.427. The van der Waals surface area contributed by atoms with Crippen molar-refractivity contribution < 1.29 is 9.59 Å². The summed E-state index contributed by atoms with van der Waals surface area (Å²) in [6.45, 7) is 4.33. The second-order valence-electron chi connectivity index (χ2n) is 6.41. The first-order valence-electron chi connectivity index (χ1n) is 8.71. The lowest BCUT2D eigenvalue weighted by atomic mass is 10.1. The van der Waals surface area contributed by atoms with E-state index < -0.39 is 0 Å². The lowest BCUT2D eigenvalue weighted by molar-refractivity contribution is -0.127. The number of carbonyl (C=O) groups excluding carboxylic acids is 2. The molecule has 0 spiro atoms. The summed E-state index contributed by atoms with van der Waals surface area (Å²) >= 11 is 0. The van der Waals surface area contributed by atoms with Gasteiger partial charge in [-0.2, -0.15) is 0 Å². The molecule has 2 N–H and O–H groups in total. The molecule has 134 valence electrons. The monoisotopic (exact) mass is 349 g/mol. The summed E-state index contributed by atoms with van der Waals surface area (Å²) in [5.41, 5.74) is 9.15. The molecule has 0 unspecified atom stereocenters. The van der Waals surface area contributed by atoms with Crippen molar-refractivity contribution in [2.24, 2.45) is 0 Å². The van der Waals surface area contributed by atoms with E-state index in [1.54, 1.807) is 17.0 Å². The number of benzene rings is 2. The zero-order valence-corrected chi connectivity index (χ0v) is 15.0. The van der Waals surface area contributed by atoms with Gasteiger partial charge in [0.05, 0.1) is 0 Å². The first kappa shape index (κ1) is 17.9. The molecular weight excluding hydrogens is 326 g/mol. The average molecular weight is 349 g/mol. The summed E-state index contributed by atoms with van der Waals surface area (Å²) < 4.78 is 0. The van der Waals surface area contributed by atoms with Crippen LogP contribution in [0.1, 0.15) is 29.8 Å². The minimum absolute atomic E-state index is 0.00453. The van der Waals surface area contributed by atoms with Crippen LogP contribution >= 0.6 is 0 Å². The Hall–Kier alpha value is -2.92. The molecule has 26 heavy (non-hydrogen) atoms. The van der Waals surface area contributed by atoms with Gasteiger partial charge < -0.3 is 4.90 Å². The number of nitrogens with one attached hydrogen (secondary N) is 2. The minimum Gasteiger partial charge on any atom is -0.318 e. The maximum absolute atomic E-state index is 12.6. The quantitative estimate of drug-likeness (QED) is 0.788. The third-order valence-electron chi connectivity index (χ3n) is 4.74. The van der Waals surface area contributed by atoms with Crippen molar-refractivity contribution in [3.05, 3.63) is 82.9 Å². The van der Waals surface area contributed by atoms with Crippen molar-refractivity contribution >= 4 is 11.8 Å². The van der Waals surface area contributed by atoms with Crippen LogP contribution in [-0.4, -0.2) is 29.4 Å². The largest absolute Gasteiger partial charge is 0.318 e. The molecule has 0 fully saturated rings. The number of rotatable bonds is 6. The molecule has 2 aromatic carbocycles. The Morgan fingerprint density at radius 1 is 1.00 bits per heavy atom. The van der Waals surface area contributed by atoms with Crippen LogP contribution in [0.2, 0.25) is 0 Å². The van der Waals surface area contributed by atoms with E-state index >= 15 is 0 Å². The van der Waals surface area contributed by atoms with Gasteiger partial charge in [0.15, 0.2) is 0 Å². The molecule has 5 heteroatoms. The van der Waals surface area contributed by atoms with Gasteiger partial charge in [-0.25, -0.2) is 5.43 Å². The Balaban J connectivity index is 1.66. The number of nitrogens with zero attached hydrogens (tertiary/aromatic N) is 1. The predicted octanol–water partition coefficient (Wildman–Crippen LogP) is 2.67. The van der Waals surface area contributed by atoms with Crippen LogP contribution in [-0.2, 0) is 11.2 Å². The normalized spacial score (nSPS) is 16.9. The minimum atomic E-state index is -0.334. The van der Waals surface area contributed by atoms with Gasteiger partial charge in [0.25, 0.3) is 11.8 Å². The summed E-state index contributed by atoms with van der Waals surface area (Å²) in [4.78, 5) is 26.6. The highest BCUT2D eigenvalue weighted by Gasteiger charge is 2.34. The zero-order chi connectivity index (χ0) is 18.5. The van der Waals surface area contributed by atoms with Crippen molar-refractivity contribution in [3.63, 3.8) is 0 Å². The standard InChI is InChI=1S/C21H23N3O2/c1-15-16(2)21(26)24(14-13-17-9-5-3-6-10-17)19(15)22-23-20(25)18-11-7-4-8-12-18/h3-12,19,22H,13-14H2,1-2H3,(H,23,25)/t19-/m1/s1. The number of amides is 2. The van der Waals surface area contributed by atoms with E-state index in [1.807, 2.05) is 62.4 Å². The van der Waals surface area contributed by atoms with E-state index in [-0.39, 0.29) is 18.0 Å². The van der Waals surface area contributed by atoms with Gasteiger partial charge >= 0.3 is 0 Å². The molecule has 5 nitrogen and oxygen atoms in total. The molecule has 0 saturated carbocycles. The number of hydrogen-bond donors (Lipinski definition) is 2. The maximum Gasteiger partial charge on any atom is 0.265 e. The molecule has 1 heterocycles. The van der Waals surface area contributed by atoms with Gasteiger partial charge in [-0.1, -0.05) is 48.5 Å². The van der Waals surface area contributed by atoms with Crippen molar-refractivity contribution in [3.8, 4) is 0 Å². The summed E-state index contributed by atoms with van der Waals surface area (Å²) in [6, 6.07) is 19.0. The van der Waals surface area contributed by atoms with Gasteiger partial charge in [-0.3, -0.25) is 15.0 Å². The van der Waals surface area contributed by atoms with Gasteiger partial charge in [-0.05, 0) is 43.5 Å². The molecule has 0 bridgehead atoms. The van der Waals surface area contributed by atoms with E-state index in [2.05, 4.69) is 10.9 Å². The average Bonchev–Trinajstić information content (AvgIpc) is 2.89. The highest BCUT2D eigenvalue weighted by molar-refractivity contribution is 5.97. The Morgan fingerprint density at radius 2 is 1.62 bits per heavy atom. The molecular formula is C21H23N3O2. The molecule has 2 amide bonds. The van der Waals surface area contributed by atoms with E-state index in [0.717, 1.165) is 17.6 Å². The second kappa shape index (κ2) is 7.97. The van der Waals surface area contributed by atoms with Crippen LogP contribution < -0.4 is 10.9 Å². The van der Waals surface area contributed by atoms with Crippen molar-refractivity contribution in [2.45, 2.75) is 26.4 Å². The first-order valence-corrected chi connectivity index (χ1v) is 8.71. The van der Waals surface area contributed by atoms with E-state index in [1.165, 1.54) is 5.56 Å². The highest BCUT2D eigenvalue weighted by atomic mass is 16.2. The predicted molar refractivity (Wildman–Crippen MR) is 101 cm³/mol. The number of hydrazine groups is 1. The Bertz CT molecular complexity index is 816. The van der Waals surface area contributed by atoms with Gasteiger partial charge in [0.1, 0.15) is 6.17 Å². The molecule has 1 aliphatic heterocycles. The second-order valence-corrected chi connectivity index (χ2v) is 6.41. The van der Waals surface area contributed by atoms with Crippen LogP contribution in [0.3, 0.4) is 0 Å². The lowest BCUT2D eigenvalue weighted by Gasteiger charge is -2.27. The molecule has 0 saturated heterocycles. The summed E-state index contributed by atoms with van der Waals surface area (Å²) in [5, 5.41) is 0. The third kappa shape index (κ3) is 3.83. The lowest BCUT2D eigenvalue weighted by Crippen LogP contribution is -2.53. The Labute approximate surface area is 153 Å². The van der Waals surface area contributed by atoms with Crippen LogP contribution in [0.5, 0.6) is 0 Å². The fourth-order valence-electron chi connectivity index (χ4n) is 3.05. The molecule has 3 rings (SSSR count). The SMILES string of the molecule is CC1=C(C)[C@H](NNC(=O)c2ccccc2)N(CCc2ccccc2)C1=O. The molecule has 2 aromatic rings. The molecule has 0 aromatic heterocycles. The topological polar surface area (TPSA) is 61.4 Å². The van der Waals surface area contributed by atoms with Crippen molar-refractivity contribution in [2.75, 3.05) is 6.54 Å². The molecule has 1 atom stereocenters. The van der Waals surface area contributed by atoms with E-state index in [9.17, 15) is 9.59 Å². The van der Waals surface area contributed by atoms with Crippen LogP contribution in [0.15, 0.2) is 71.8 Å². The Morgan fingerprint density at radius 3 is 2.27 bits per heavy atom. The van der Waals surface area contributed by atoms with Crippen molar-refractivity contribution in [1.29, 1.82) is 0 Å². The van der Waals surface area contributed by atoms with Crippen LogP contribution in [0, 0.1) is 0 Å². The molecule has 0 aliphatic carbocycles. The number of hydrogen-bond acceptors (Lipinski definition) is 3. The van der Waals surface area contributed by atoms with Crippen LogP contribution in [0.4, 0.5) is 0 Å². The fourth-order valence-corrected chi connectivity index (χ4v) is 3.05. The van der Waals surface area contributed by atoms with Crippen molar-refractivity contribution in [1.82, 2.24) is 15.8 Å². The third-order valence-corrected chi connectivity index (χ3v) is 4.74. The molecule has 1 aliphatic rings. The zero-order valence-electron chi connectivity index (χ0n) is 15.0. The molecule has 0 radical (unpaired) electrons. The fraction of sp³-hybridized carbons (Fsp3) is 0.238. The highest BCUT2D eigenvalue weighted by Crippen LogP contribution is 2.23. The van der Waals surface area contributed by atoms with Crippen LogP contribution in [0.25, 0.3) is 0 Å². The Kier molecular flexibility index (Phi) is 5.49. The number of carbonyl (C=O) groups is 2. The summed E-state index contributed by atoms with van der Waals surface area (Å²) in [7, 11) is 0. The maximum atomic E-state index is 12.6. The smallest absolute Gasteiger partial charge is 0.265 e. The van der Waals surface area contributed by atoms with E-state index in [0.29, 0.717) is 12.1 Å². The van der Waals surface area contributed by atoms with Gasteiger partial charge in [-0.15, -0.1) is 0 Å².